The molecule has 0 aliphatic heterocycles. The van der Waals surface area contributed by atoms with Crippen LogP contribution in [0.3, 0.4) is 0 Å². The van der Waals surface area contributed by atoms with Crippen molar-refractivity contribution in [3.63, 3.8) is 0 Å². The Morgan fingerprint density at radius 3 is 2.59 bits per heavy atom. The van der Waals surface area contributed by atoms with Gasteiger partial charge in [-0.2, -0.15) is 0 Å². The van der Waals surface area contributed by atoms with Crippen LogP contribution in [0.15, 0.2) is 22.7 Å². The fourth-order valence-corrected chi connectivity index (χ4v) is 1.61. The molecule has 1 atom stereocenters. The Morgan fingerprint density at radius 1 is 1.47 bits per heavy atom. The Hall–Kier alpha value is -0.420. The topological polar surface area (TPSA) is 29.1 Å². The minimum Gasteiger partial charge on any atom is -0.346 e. The van der Waals surface area contributed by atoms with Crippen molar-refractivity contribution in [3.8, 4) is 0 Å². The predicted octanol–water partition coefficient (Wildman–Crippen LogP) is 3.88. The second-order valence-corrected chi connectivity index (χ2v) is 6.71. The molecule has 1 aromatic carbocycles. The van der Waals surface area contributed by atoms with Gasteiger partial charge in [0, 0.05) is 14.8 Å². The zero-order chi connectivity index (χ0) is 13.2. The van der Waals surface area contributed by atoms with E-state index in [-0.39, 0.29) is 10.4 Å². The summed E-state index contributed by atoms with van der Waals surface area (Å²) in [5.74, 6) is -0.941. The Bertz CT molecular complexity index is 433. The first-order chi connectivity index (χ1) is 7.74. The number of hydrogen-bond donors (Lipinski definition) is 1. The van der Waals surface area contributed by atoms with Gasteiger partial charge in [0.25, 0.3) is 5.91 Å². The summed E-state index contributed by atoms with van der Waals surface area (Å²) in [6, 6.07) is 4.30. The average Bonchev–Trinajstić information content (AvgIpc) is 2.20. The first-order valence-electron chi connectivity index (χ1n) is 5.15. The van der Waals surface area contributed by atoms with E-state index >= 15 is 0 Å². The fraction of sp³-hybridized carbons (Fsp3) is 0.417. The maximum absolute atomic E-state index is 13.5. The molecule has 5 heteroatoms. The summed E-state index contributed by atoms with van der Waals surface area (Å²) in [4.78, 5) is 12.0. The highest BCUT2D eigenvalue weighted by Crippen LogP contribution is 2.20. The molecule has 0 aromatic heterocycles. The molecule has 2 nitrogen and oxygen atoms in total. The van der Waals surface area contributed by atoms with Gasteiger partial charge in [-0.05, 0) is 32.0 Å². The molecule has 0 aliphatic carbocycles. The number of rotatable bonds is 3. The summed E-state index contributed by atoms with van der Waals surface area (Å²) in [5.41, 5.74) is -0.410. The highest BCUT2D eigenvalue weighted by Gasteiger charge is 2.27. The largest absolute Gasteiger partial charge is 0.346 e. The zero-order valence-corrected chi connectivity index (χ0v) is 13.0. The van der Waals surface area contributed by atoms with E-state index in [2.05, 4.69) is 37.2 Å². The molecule has 0 saturated carbocycles. The number of nitrogens with one attached hydrogen (secondary N) is 1. The highest BCUT2D eigenvalue weighted by atomic mass is 79.9. The van der Waals surface area contributed by atoms with Gasteiger partial charge in [-0.15, -0.1) is 0 Å². The summed E-state index contributed by atoms with van der Waals surface area (Å²) < 4.78 is 14.2. The van der Waals surface area contributed by atoms with Gasteiger partial charge in [0.15, 0.2) is 0 Å². The fourth-order valence-electron chi connectivity index (χ4n) is 1.13. The molecular weight excluding hydrogens is 353 g/mol. The minimum atomic E-state index is -0.524. The van der Waals surface area contributed by atoms with Crippen molar-refractivity contribution in [2.24, 2.45) is 0 Å². The Morgan fingerprint density at radius 2 is 2.06 bits per heavy atom. The number of carbonyl (C=O) groups excluding carboxylic acids is 1. The van der Waals surface area contributed by atoms with Crippen LogP contribution in [0.1, 0.15) is 31.1 Å². The van der Waals surface area contributed by atoms with Gasteiger partial charge in [-0.1, -0.05) is 38.8 Å². The number of benzene rings is 1. The molecular formula is C12H14Br2FNO. The number of alkyl halides is 1. The quantitative estimate of drug-likeness (QED) is 0.808. The molecule has 0 aliphatic rings. The van der Waals surface area contributed by atoms with E-state index in [0.29, 0.717) is 4.47 Å². The van der Waals surface area contributed by atoms with E-state index in [1.807, 2.05) is 20.8 Å². The van der Waals surface area contributed by atoms with Gasteiger partial charge in [0.2, 0.25) is 0 Å². The average molecular weight is 367 g/mol. The summed E-state index contributed by atoms with van der Waals surface area (Å²) in [6.45, 7) is 5.68. The molecule has 0 bridgehead atoms. The van der Waals surface area contributed by atoms with Crippen LogP contribution in [0.5, 0.6) is 0 Å². The number of amides is 1. The normalized spacial score (nSPS) is 13.3. The Labute approximate surface area is 117 Å². The first-order valence-corrected chi connectivity index (χ1v) is 6.86. The standard InChI is InChI=1S/C12H14Br2FNO/c1-7(13)12(2,3)16-11(17)9-6-8(14)4-5-10(9)15/h4-7H,1-3H3,(H,16,17). The molecule has 1 unspecified atom stereocenters. The molecule has 1 amide bonds. The molecule has 17 heavy (non-hydrogen) atoms. The van der Waals surface area contributed by atoms with E-state index in [4.69, 9.17) is 0 Å². The molecule has 0 heterocycles. The monoisotopic (exact) mass is 365 g/mol. The van der Waals surface area contributed by atoms with Crippen molar-refractivity contribution in [2.75, 3.05) is 0 Å². The van der Waals surface area contributed by atoms with Crippen molar-refractivity contribution in [1.82, 2.24) is 5.32 Å². The molecule has 0 fully saturated rings. The van der Waals surface area contributed by atoms with Gasteiger partial charge < -0.3 is 5.32 Å². The number of carbonyl (C=O) groups is 1. The van der Waals surface area contributed by atoms with Crippen molar-refractivity contribution < 1.29 is 9.18 Å². The van der Waals surface area contributed by atoms with Crippen LogP contribution in [0.2, 0.25) is 0 Å². The summed E-state index contributed by atoms with van der Waals surface area (Å²) >= 11 is 6.63. The maximum atomic E-state index is 13.5. The number of halogens is 3. The van der Waals surface area contributed by atoms with Crippen LogP contribution >= 0.6 is 31.9 Å². The second kappa shape index (κ2) is 5.48. The van der Waals surface area contributed by atoms with Crippen LogP contribution in [-0.4, -0.2) is 16.3 Å². The SMILES string of the molecule is CC(Br)C(C)(C)NC(=O)c1cc(Br)ccc1F. The third-order valence-electron chi connectivity index (χ3n) is 2.60. The molecule has 0 radical (unpaired) electrons. The lowest BCUT2D eigenvalue weighted by atomic mass is 10.0. The molecule has 1 aromatic rings. The second-order valence-electron chi connectivity index (χ2n) is 4.42. The van der Waals surface area contributed by atoms with E-state index in [1.165, 1.54) is 12.1 Å². The third-order valence-corrected chi connectivity index (χ3v) is 4.24. The smallest absolute Gasteiger partial charge is 0.254 e. The van der Waals surface area contributed by atoms with Crippen molar-refractivity contribution in [1.29, 1.82) is 0 Å². The van der Waals surface area contributed by atoms with Gasteiger partial charge in [-0.3, -0.25) is 4.79 Å². The molecule has 1 N–H and O–H groups in total. The zero-order valence-electron chi connectivity index (χ0n) is 9.85. The minimum absolute atomic E-state index is 0.0422. The molecule has 1 rings (SSSR count). The van der Waals surface area contributed by atoms with Crippen molar-refractivity contribution in [2.45, 2.75) is 31.1 Å². The van der Waals surface area contributed by atoms with Crippen LogP contribution in [0, 0.1) is 5.82 Å². The van der Waals surface area contributed by atoms with E-state index in [0.717, 1.165) is 0 Å². The van der Waals surface area contributed by atoms with Gasteiger partial charge in [0.05, 0.1) is 5.56 Å². The van der Waals surface area contributed by atoms with Crippen LogP contribution in [-0.2, 0) is 0 Å². The van der Waals surface area contributed by atoms with Crippen molar-refractivity contribution >= 4 is 37.8 Å². The lowest BCUT2D eigenvalue weighted by Crippen LogP contribution is -2.49. The van der Waals surface area contributed by atoms with Crippen LogP contribution < -0.4 is 5.32 Å². The maximum Gasteiger partial charge on any atom is 0.254 e. The lowest BCUT2D eigenvalue weighted by Gasteiger charge is -2.29. The Balaban J connectivity index is 2.94. The van der Waals surface area contributed by atoms with Crippen LogP contribution in [0.4, 0.5) is 4.39 Å². The third kappa shape index (κ3) is 3.78. The van der Waals surface area contributed by atoms with Crippen molar-refractivity contribution in [3.05, 3.63) is 34.1 Å². The lowest BCUT2D eigenvalue weighted by molar-refractivity contribution is 0.0909. The molecule has 94 valence electrons. The van der Waals surface area contributed by atoms with E-state index in [9.17, 15) is 9.18 Å². The van der Waals surface area contributed by atoms with Gasteiger partial charge in [0.1, 0.15) is 5.82 Å². The first kappa shape index (κ1) is 14.6. The van der Waals surface area contributed by atoms with Crippen LogP contribution in [0.25, 0.3) is 0 Å². The van der Waals surface area contributed by atoms with Gasteiger partial charge in [-0.25, -0.2) is 4.39 Å². The van der Waals surface area contributed by atoms with E-state index < -0.39 is 17.3 Å². The predicted molar refractivity (Wildman–Crippen MR) is 74.0 cm³/mol. The summed E-state index contributed by atoms with van der Waals surface area (Å²) in [7, 11) is 0. The molecule has 0 saturated heterocycles. The summed E-state index contributed by atoms with van der Waals surface area (Å²) in [5, 5.41) is 2.79. The summed E-state index contributed by atoms with van der Waals surface area (Å²) in [6.07, 6.45) is 0. The molecule has 0 spiro atoms. The van der Waals surface area contributed by atoms with E-state index in [1.54, 1.807) is 6.07 Å². The number of hydrogen-bond acceptors (Lipinski definition) is 1. The Kier molecular flexibility index (Phi) is 4.72. The van der Waals surface area contributed by atoms with Gasteiger partial charge >= 0.3 is 0 Å². The highest BCUT2D eigenvalue weighted by molar-refractivity contribution is 9.10.